The third-order valence-corrected chi connectivity index (χ3v) is 17.8. The first-order valence-corrected chi connectivity index (χ1v) is 26.4. The highest BCUT2D eigenvalue weighted by Crippen LogP contribution is 2.40. The Hall–Kier alpha value is -1.94. The van der Waals surface area contributed by atoms with Gasteiger partial charge in [0.05, 0.1) is 30.5 Å². The van der Waals surface area contributed by atoms with Gasteiger partial charge in [-0.25, -0.2) is 0 Å². The number of aliphatic hydroxyl groups is 2. The Morgan fingerprint density at radius 3 is 1.57 bits per heavy atom. The predicted octanol–water partition coefficient (Wildman–Crippen LogP) is 10.5. The Morgan fingerprint density at radius 2 is 1.18 bits per heavy atom. The van der Waals surface area contributed by atoms with Crippen LogP contribution in [0.2, 0.25) is 18.1 Å². The molecule has 0 bridgehead atoms. The van der Waals surface area contributed by atoms with E-state index in [1.165, 1.54) is 6.92 Å². The van der Waals surface area contributed by atoms with Crippen molar-refractivity contribution >= 4 is 28.6 Å². The second-order valence-electron chi connectivity index (χ2n) is 17.7. The van der Waals surface area contributed by atoms with Gasteiger partial charge < -0.3 is 32.5 Å². The first-order chi connectivity index (χ1) is 27.7. The number of hydrogen-bond acceptors (Lipinski definition) is 11. The quantitative estimate of drug-likeness (QED) is 0.0237. The Bertz CT molecular complexity index is 1660. The van der Waals surface area contributed by atoms with Gasteiger partial charge >= 0.3 is 31.3 Å². The summed E-state index contributed by atoms with van der Waals surface area (Å²) in [6.07, 6.45) is 7.14. The van der Waals surface area contributed by atoms with Crippen molar-refractivity contribution in [1.29, 1.82) is 0 Å². The van der Waals surface area contributed by atoms with E-state index in [9.17, 15) is 48.3 Å². The summed E-state index contributed by atoms with van der Waals surface area (Å²) in [5.74, 6) is -2.46. The maximum atomic E-state index is 12.7. The molecule has 2 fully saturated rings. The van der Waals surface area contributed by atoms with Crippen LogP contribution in [0.5, 0.6) is 0 Å². The van der Waals surface area contributed by atoms with Crippen LogP contribution in [-0.2, 0) is 42.5 Å². The minimum absolute atomic E-state index is 0.000647. The fourth-order valence-corrected chi connectivity index (χ4v) is 8.94. The van der Waals surface area contributed by atoms with Gasteiger partial charge in [-0.3, -0.25) is 0 Å². The third kappa shape index (κ3) is 19.0. The molecular weight excluding hydrogens is 875 g/mol. The molecule has 20 heteroatoms. The van der Waals surface area contributed by atoms with Crippen LogP contribution in [-0.4, -0.2) is 89.6 Å². The molecule has 2 aliphatic rings. The lowest BCUT2D eigenvalue weighted by Gasteiger charge is -2.40. The van der Waals surface area contributed by atoms with E-state index in [1.54, 1.807) is 6.92 Å². The van der Waals surface area contributed by atoms with Crippen LogP contribution >= 0.6 is 0 Å². The number of allylic oxidation sites excluding steroid dienone is 2. The summed E-state index contributed by atoms with van der Waals surface area (Å²) in [6.45, 7) is 30.6. The molecular formula is C41H70F6O11S2Si. The normalized spacial score (nSPS) is 22.6. The van der Waals surface area contributed by atoms with E-state index in [0.717, 1.165) is 43.3 Å². The molecule has 0 aromatic rings. The summed E-state index contributed by atoms with van der Waals surface area (Å²) >= 11 is 0. The van der Waals surface area contributed by atoms with Gasteiger partial charge in [0.1, 0.15) is 11.5 Å². The molecule has 2 rings (SSSR count). The summed E-state index contributed by atoms with van der Waals surface area (Å²) in [5.41, 5.74) is -9.06. The molecule has 3 unspecified atom stereocenters. The second kappa shape index (κ2) is 23.8. The van der Waals surface area contributed by atoms with Gasteiger partial charge in [0, 0.05) is 24.5 Å². The number of ether oxygens (including phenoxy) is 2. The van der Waals surface area contributed by atoms with Crippen molar-refractivity contribution in [1.82, 2.24) is 0 Å². The number of aliphatic hydroxyl groups excluding tert-OH is 2. The summed E-state index contributed by atoms with van der Waals surface area (Å²) < 4.78 is 147. The number of alkyl halides is 6. The molecule has 0 radical (unpaired) electrons. The van der Waals surface area contributed by atoms with Crippen LogP contribution in [0.25, 0.3) is 0 Å². The molecule has 0 amide bonds. The van der Waals surface area contributed by atoms with Crippen molar-refractivity contribution < 1.29 is 75.7 Å². The molecule has 8 atom stereocenters. The van der Waals surface area contributed by atoms with Gasteiger partial charge in [-0.1, -0.05) is 80.7 Å². The van der Waals surface area contributed by atoms with Gasteiger partial charge in [-0.2, -0.15) is 43.2 Å². The van der Waals surface area contributed by atoms with Gasteiger partial charge in [0.25, 0.3) is 0 Å². The molecule has 0 aromatic heterocycles. The third-order valence-electron chi connectivity index (χ3n) is 11.3. The van der Waals surface area contributed by atoms with E-state index < -0.39 is 69.0 Å². The molecule has 0 saturated carbocycles. The second-order valence-corrected chi connectivity index (χ2v) is 25.5. The Kier molecular flexibility index (Phi) is 22.3. The first-order valence-electron chi connectivity index (χ1n) is 20.7. The SMILES string of the molecule is C=C(OS(=O)(=O)C(F)(F)F)[C@H](C)CC(O)CC[C@@H]1OC(CCCO)CC1=C.C=C(OS(=O)(=O)C(F)(F)F)[C@H](C)C[C@@H](CC[C@@H]1OC(CCCC)CC1=C)O[Si](C)(C)C(C)(C)C. The topological polar surface area (TPSA) is 155 Å². The van der Waals surface area contributed by atoms with Crippen LogP contribution in [0.3, 0.4) is 0 Å². The lowest BCUT2D eigenvalue weighted by atomic mass is 9.96. The average molecular weight is 945 g/mol. The Balaban J connectivity index is 0.000000626. The molecule has 11 nitrogen and oxygen atoms in total. The average Bonchev–Trinajstić information content (AvgIpc) is 3.65. The monoisotopic (exact) mass is 944 g/mol. The number of unbranched alkanes of at least 4 members (excludes halogenated alkanes) is 1. The van der Waals surface area contributed by atoms with Crippen molar-refractivity contribution in [2.45, 2.75) is 191 Å². The molecule has 61 heavy (non-hydrogen) atoms. The zero-order valence-electron chi connectivity index (χ0n) is 37.0. The van der Waals surface area contributed by atoms with Crippen LogP contribution in [0.1, 0.15) is 125 Å². The molecule has 2 heterocycles. The Morgan fingerprint density at radius 1 is 0.770 bits per heavy atom. The lowest BCUT2D eigenvalue weighted by Crippen LogP contribution is -2.44. The standard InChI is InChI=1S/C24H43F3O5SSi.C17H27F3O6S/c1-10-11-12-20-16-18(3)22(30-20)14-13-21(32-34(8,9)23(5,6)7)15-17(2)19(4)31-33(28,29)24(25,26)27;1-11(13(3)26-27(23,24)17(18,19)20)9-14(22)6-7-16-12(2)10-15(25-16)5-4-8-21/h17,20-22H,3-4,10-16H2,1-2,5-9H3;11,14-16,21-22H,2-10H2,1H3/t17-,20?,21-,22+;11-,14?,15?,16+/m11/s1. The van der Waals surface area contributed by atoms with Crippen molar-refractivity contribution in [3.63, 3.8) is 0 Å². The molecule has 2 saturated heterocycles. The first kappa shape index (κ1) is 57.1. The minimum Gasteiger partial charge on any atom is -0.414 e. The zero-order valence-corrected chi connectivity index (χ0v) is 39.6. The summed E-state index contributed by atoms with van der Waals surface area (Å²) in [5, 5.41) is 18.9. The highest BCUT2D eigenvalue weighted by Gasteiger charge is 2.50. The van der Waals surface area contributed by atoms with Gasteiger partial charge in [0.2, 0.25) is 0 Å². The van der Waals surface area contributed by atoms with Crippen molar-refractivity contribution in [2.24, 2.45) is 11.8 Å². The van der Waals surface area contributed by atoms with Crippen LogP contribution in [0.15, 0.2) is 49.0 Å². The van der Waals surface area contributed by atoms with E-state index in [4.69, 9.17) is 19.0 Å². The molecule has 2 N–H and O–H groups in total. The van der Waals surface area contributed by atoms with Crippen molar-refractivity contribution in [2.75, 3.05) is 6.61 Å². The largest absolute Gasteiger partial charge is 0.534 e. The zero-order chi connectivity index (χ0) is 47.4. The van der Waals surface area contributed by atoms with E-state index >= 15 is 0 Å². The summed E-state index contributed by atoms with van der Waals surface area (Å²) in [7, 11) is -13.7. The maximum absolute atomic E-state index is 12.7. The number of rotatable bonds is 24. The van der Waals surface area contributed by atoms with Gasteiger partial charge in [-0.05, 0) is 99.9 Å². The van der Waals surface area contributed by atoms with Crippen LogP contribution in [0.4, 0.5) is 26.3 Å². The number of halogens is 6. The van der Waals surface area contributed by atoms with Crippen LogP contribution < -0.4 is 0 Å². The maximum Gasteiger partial charge on any atom is 0.534 e. The van der Waals surface area contributed by atoms with E-state index in [-0.39, 0.29) is 55.0 Å². The molecule has 0 aliphatic carbocycles. The highest BCUT2D eigenvalue weighted by atomic mass is 32.2. The molecule has 0 spiro atoms. The summed E-state index contributed by atoms with van der Waals surface area (Å²) in [4.78, 5) is 0. The fraction of sp³-hybridized carbons (Fsp3) is 0.805. The van der Waals surface area contributed by atoms with Crippen molar-refractivity contribution in [3.8, 4) is 0 Å². The van der Waals surface area contributed by atoms with E-state index in [1.807, 2.05) is 0 Å². The lowest BCUT2D eigenvalue weighted by molar-refractivity contribution is -0.0532. The summed E-state index contributed by atoms with van der Waals surface area (Å²) in [6, 6.07) is 0. The predicted molar refractivity (Wildman–Crippen MR) is 225 cm³/mol. The smallest absolute Gasteiger partial charge is 0.414 e. The van der Waals surface area contributed by atoms with E-state index in [2.05, 4.69) is 75.5 Å². The Labute approximate surface area is 361 Å². The van der Waals surface area contributed by atoms with Gasteiger partial charge in [0.15, 0.2) is 8.32 Å². The van der Waals surface area contributed by atoms with Crippen LogP contribution in [0, 0.1) is 11.8 Å². The van der Waals surface area contributed by atoms with Gasteiger partial charge in [-0.15, -0.1) is 0 Å². The molecule has 0 aromatic carbocycles. The number of hydrogen-bond donors (Lipinski definition) is 2. The van der Waals surface area contributed by atoms with E-state index in [0.29, 0.717) is 38.5 Å². The molecule has 358 valence electrons. The highest BCUT2D eigenvalue weighted by molar-refractivity contribution is 7.88. The minimum atomic E-state index is -5.75. The fourth-order valence-electron chi connectivity index (χ4n) is 6.46. The molecule has 2 aliphatic heterocycles. The van der Waals surface area contributed by atoms with Crippen molar-refractivity contribution in [3.05, 3.63) is 49.0 Å².